The van der Waals surface area contributed by atoms with Crippen molar-refractivity contribution in [2.45, 2.75) is 19.6 Å². The van der Waals surface area contributed by atoms with Crippen molar-refractivity contribution in [2.75, 3.05) is 39.4 Å². The molecule has 0 spiro atoms. The predicted octanol–water partition coefficient (Wildman–Crippen LogP) is 0.728. The zero-order valence-electron chi connectivity index (χ0n) is 12.6. The number of aliphatic hydroxyl groups excluding tert-OH is 1. The smallest absolute Gasteiger partial charge is 0.236 e. The Morgan fingerprint density at radius 3 is 2.86 bits per heavy atom. The minimum absolute atomic E-state index is 0.0552. The summed E-state index contributed by atoms with van der Waals surface area (Å²) in [5.41, 5.74) is 1.15. The molecule has 0 saturated carbocycles. The minimum Gasteiger partial charge on any atom is -0.395 e. The van der Waals surface area contributed by atoms with Crippen molar-refractivity contribution in [3.05, 3.63) is 35.9 Å². The molecule has 1 aliphatic heterocycles. The molecule has 0 bridgehead atoms. The number of hydrogen-bond acceptors (Lipinski definition) is 4. The van der Waals surface area contributed by atoms with Gasteiger partial charge in [-0.15, -0.1) is 0 Å². The van der Waals surface area contributed by atoms with Gasteiger partial charge in [-0.1, -0.05) is 30.3 Å². The fourth-order valence-electron chi connectivity index (χ4n) is 2.53. The lowest BCUT2D eigenvalue weighted by atomic mass is 10.2. The molecule has 116 valence electrons. The van der Waals surface area contributed by atoms with Gasteiger partial charge in [0.05, 0.1) is 25.9 Å². The van der Waals surface area contributed by atoms with Gasteiger partial charge in [-0.05, 0) is 12.5 Å². The number of carbonyl (C=O) groups is 1. The highest BCUT2D eigenvalue weighted by Crippen LogP contribution is 2.08. The summed E-state index contributed by atoms with van der Waals surface area (Å²) < 4.78 is 5.46. The van der Waals surface area contributed by atoms with Crippen LogP contribution < -0.4 is 0 Å². The van der Waals surface area contributed by atoms with E-state index in [1.54, 1.807) is 0 Å². The first-order valence-electron chi connectivity index (χ1n) is 7.45. The summed E-state index contributed by atoms with van der Waals surface area (Å²) in [7, 11) is 0. The van der Waals surface area contributed by atoms with Crippen LogP contribution in [-0.2, 0) is 16.1 Å². The molecule has 1 saturated heterocycles. The van der Waals surface area contributed by atoms with E-state index < -0.39 is 0 Å². The summed E-state index contributed by atoms with van der Waals surface area (Å²) in [5, 5.41) is 9.19. The van der Waals surface area contributed by atoms with Crippen molar-refractivity contribution in [2.24, 2.45) is 0 Å². The van der Waals surface area contributed by atoms with E-state index in [9.17, 15) is 9.90 Å². The van der Waals surface area contributed by atoms with Crippen LogP contribution in [0.2, 0.25) is 0 Å². The summed E-state index contributed by atoms with van der Waals surface area (Å²) in [4.78, 5) is 16.2. The van der Waals surface area contributed by atoms with Crippen LogP contribution >= 0.6 is 0 Å². The lowest BCUT2D eigenvalue weighted by Gasteiger charge is -2.33. The number of aliphatic hydroxyl groups is 1. The van der Waals surface area contributed by atoms with Crippen LogP contribution in [0.3, 0.4) is 0 Å². The quantitative estimate of drug-likeness (QED) is 0.840. The molecular weight excluding hydrogens is 268 g/mol. The van der Waals surface area contributed by atoms with Gasteiger partial charge in [-0.3, -0.25) is 9.69 Å². The van der Waals surface area contributed by atoms with Crippen LogP contribution in [0.25, 0.3) is 0 Å². The van der Waals surface area contributed by atoms with Gasteiger partial charge >= 0.3 is 0 Å². The Hall–Kier alpha value is -1.43. The van der Waals surface area contributed by atoms with Crippen molar-refractivity contribution in [1.82, 2.24) is 9.80 Å². The average Bonchev–Trinajstić information content (AvgIpc) is 2.48. The summed E-state index contributed by atoms with van der Waals surface area (Å²) in [6, 6.07) is 10.0. The molecule has 1 aromatic carbocycles. The molecule has 1 amide bonds. The van der Waals surface area contributed by atoms with Gasteiger partial charge in [0.15, 0.2) is 0 Å². The van der Waals surface area contributed by atoms with Crippen LogP contribution in [0, 0.1) is 0 Å². The van der Waals surface area contributed by atoms with Crippen LogP contribution in [0.4, 0.5) is 0 Å². The van der Waals surface area contributed by atoms with Gasteiger partial charge in [0.1, 0.15) is 0 Å². The molecule has 0 unspecified atom stereocenters. The molecule has 1 heterocycles. The second-order valence-corrected chi connectivity index (χ2v) is 5.44. The first-order chi connectivity index (χ1) is 10.2. The number of ether oxygens (including phenoxy) is 1. The third-order valence-electron chi connectivity index (χ3n) is 3.62. The van der Waals surface area contributed by atoms with Gasteiger partial charge in [-0.25, -0.2) is 0 Å². The van der Waals surface area contributed by atoms with Crippen molar-refractivity contribution >= 4 is 5.91 Å². The highest BCUT2D eigenvalue weighted by molar-refractivity contribution is 5.78. The van der Waals surface area contributed by atoms with E-state index in [-0.39, 0.29) is 18.6 Å². The van der Waals surface area contributed by atoms with E-state index in [1.165, 1.54) is 0 Å². The SMILES string of the molecule is C[C@H]1CN(C(=O)CN(CCO)Cc2ccccc2)CCO1. The lowest BCUT2D eigenvalue weighted by Crippen LogP contribution is -2.48. The molecule has 0 radical (unpaired) electrons. The van der Waals surface area contributed by atoms with Crippen molar-refractivity contribution in [3.63, 3.8) is 0 Å². The molecule has 0 aromatic heterocycles. The van der Waals surface area contributed by atoms with Crippen molar-refractivity contribution in [3.8, 4) is 0 Å². The topological polar surface area (TPSA) is 53.0 Å². The Morgan fingerprint density at radius 2 is 2.19 bits per heavy atom. The monoisotopic (exact) mass is 292 g/mol. The van der Waals surface area contributed by atoms with Crippen molar-refractivity contribution in [1.29, 1.82) is 0 Å². The second kappa shape index (κ2) is 8.12. The number of amides is 1. The fourth-order valence-corrected chi connectivity index (χ4v) is 2.53. The highest BCUT2D eigenvalue weighted by atomic mass is 16.5. The van der Waals surface area contributed by atoms with E-state index in [0.29, 0.717) is 39.3 Å². The molecule has 1 atom stereocenters. The number of rotatable bonds is 6. The van der Waals surface area contributed by atoms with Crippen LogP contribution in [0.5, 0.6) is 0 Å². The normalized spacial score (nSPS) is 19.0. The third kappa shape index (κ3) is 5.12. The van der Waals surface area contributed by atoms with Gasteiger partial charge in [0.25, 0.3) is 0 Å². The maximum atomic E-state index is 12.4. The largest absolute Gasteiger partial charge is 0.395 e. The van der Waals surface area contributed by atoms with Crippen molar-refractivity contribution < 1.29 is 14.6 Å². The average molecular weight is 292 g/mol. The zero-order valence-corrected chi connectivity index (χ0v) is 12.6. The molecule has 1 aromatic rings. The fraction of sp³-hybridized carbons (Fsp3) is 0.562. The van der Waals surface area contributed by atoms with E-state index >= 15 is 0 Å². The lowest BCUT2D eigenvalue weighted by molar-refractivity contribution is -0.139. The summed E-state index contributed by atoms with van der Waals surface area (Å²) in [6.45, 7) is 5.45. The summed E-state index contributed by atoms with van der Waals surface area (Å²) >= 11 is 0. The Morgan fingerprint density at radius 1 is 1.43 bits per heavy atom. The second-order valence-electron chi connectivity index (χ2n) is 5.44. The molecule has 0 aliphatic carbocycles. The molecule has 1 fully saturated rings. The molecule has 2 rings (SSSR count). The van der Waals surface area contributed by atoms with Gasteiger partial charge in [0.2, 0.25) is 5.91 Å². The number of carbonyl (C=O) groups excluding carboxylic acids is 1. The van der Waals surface area contributed by atoms with E-state index in [4.69, 9.17) is 4.74 Å². The van der Waals surface area contributed by atoms with Gasteiger partial charge in [-0.2, -0.15) is 0 Å². The van der Waals surface area contributed by atoms with Gasteiger partial charge < -0.3 is 14.7 Å². The highest BCUT2D eigenvalue weighted by Gasteiger charge is 2.22. The van der Waals surface area contributed by atoms with Crippen LogP contribution in [-0.4, -0.2) is 66.3 Å². The van der Waals surface area contributed by atoms with E-state index in [0.717, 1.165) is 5.56 Å². The maximum absolute atomic E-state index is 12.4. The van der Waals surface area contributed by atoms with Gasteiger partial charge in [0, 0.05) is 26.2 Å². The maximum Gasteiger partial charge on any atom is 0.236 e. The Labute approximate surface area is 126 Å². The first kappa shape index (κ1) is 15.9. The molecule has 21 heavy (non-hydrogen) atoms. The summed E-state index contributed by atoms with van der Waals surface area (Å²) in [6.07, 6.45) is 0.100. The number of nitrogens with zero attached hydrogens (tertiary/aromatic N) is 2. The Kier molecular flexibility index (Phi) is 6.17. The first-order valence-corrected chi connectivity index (χ1v) is 7.45. The molecule has 5 nitrogen and oxygen atoms in total. The Bertz CT molecular complexity index is 438. The van der Waals surface area contributed by atoms with Crippen LogP contribution in [0.1, 0.15) is 12.5 Å². The summed E-state index contributed by atoms with van der Waals surface area (Å²) in [5.74, 6) is 0.106. The number of benzene rings is 1. The molecule has 5 heteroatoms. The number of hydrogen-bond donors (Lipinski definition) is 1. The predicted molar refractivity (Wildman–Crippen MR) is 80.8 cm³/mol. The molecule has 1 N–H and O–H groups in total. The molecule has 1 aliphatic rings. The van der Waals surface area contributed by atoms with Crippen LogP contribution in [0.15, 0.2) is 30.3 Å². The Balaban J connectivity index is 1.90. The standard InChI is InChI=1S/C16H24N2O3/c1-14-11-18(8-10-21-14)16(20)13-17(7-9-19)12-15-5-3-2-4-6-15/h2-6,14,19H,7-13H2,1H3/t14-/m0/s1. The third-order valence-corrected chi connectivity index (χ3v) is 3.62. The van der Waals surface area contributed by atoms with E-state index in [2.05, 4.69) is 0 Å². The van der Waals surface area contributed by atoms with E-state index in [1.807, 2.05) is 47.1 Å². The minimum atomic E-state index is 0.0552. The number of morpholine rings is 1. The molecular formula is C16H24N2O3. The zero-order chi connectivity index (χ0) is 15.1.